The van der Waals surface area contributed by atoms with Gasteiger partial charge in [-0.2, -0.15) is 0 Å². The Bertz CT molecular complexity index is 723. The molecule has 0 saturated carbocycles. The van der Waals surface area contributed by atoms with Crippen LogP contribution in [0.4, 0.5) is 5.82 Å². The largest absolute Gasteiger partial charge is 0.308 e. The van der Waals surface area contributed by atoms with Gasteiger partial charge >= 0.3 is 0 Å². The summed E-state index contributed by atoms with van der Waals surface area (Å²) in [6.07, 6.45) is 0. The highest BCUT2D eigenvalue weighted by Crippen LogP contribution is 2.27. The lowest BCUT2D eigenvalue weighted by Gasteiger charge is -2.09. The number of hydrazine groups is 1. The van der Waals surface area contributed by atoms with Crippen LogP contribution in [-0.4, -0.2) is 4.98 Å². The van der Waals surface area contributed by atoms with E-state index in [2.05, 4.69) is 10.4 Å². The third kappa shape index (κ3) is 2.26. The predicted octanol–water partition coefficient (Wildman–Crippen LogP) is 3.84. The minimum atomic E-state index is 0.669. The molecule has 1 aromatic heterocycles. The Labute approximate surface area is 116 Å². The summed E-state index contributed by atoms with van der Waals surface area (Å²) in [4.78, 5) is 4.54. The Morgan fingerprint density at radius 1 is 1.00 bits per heavy atom. The number of hydrogen-bond acceptors (Lipinski definition) is 3. The van der Waals surface area contributed by atoms with Gasteiger partial charge in [0, 0.05) is 16.0 Å². The van der Waals surface area contributed by atoms with Gasteiger partial charge in [-0.25, -0.2) is 10.8 Å². The summed E-state index contributed by atoms with van der Waals surface area (Å²) >= 11 is 5.90. The SMILES string of the molecule is NNc1nc(-c2ccc(Cl)cc2)cc2ccccc12. The summed E-state index contributed by atoms with van der Waals surface area (Å²) < 4.78 is 0. The number of hydrogen-bond donors (Lipinski definition) is 2. The zero-order valence-corrected chi connectivity index (χ0v) is 10.9. The first-order valence-corrected chi connectivity index (χ1v) is 6.28. The standard InChI is InChI=1S/C15H12ClN3/c16-12-7-5-10(6-8-12)14-9-11-3-1-2-4-13(11)15(18-14)19-17/h1-9H,17H2,(H,18,19). The molecule has 1 heterocycles. The maximum atomic E-state index is 5.90. The molecule has 0 amide bonds. The lowest BCUT2D eigenvalue weighted by molar-refractivity contribution is 1.25. The smallest absolute Gasteiger partial charge is 0.148 e. The van der Waals surface area contributed by atoms with E-state index in [9.17, 15) is 0 Å². The maximum Gasteiger partial charge on any atom is 0.148 e. The van der Waals surface area contributed by atoms with Crippen LogP contribution in [0.2, 0.25) is 5.02 Å². The van der Waals surface area contributed by atoms with E-state index < -0.39 is 0 Å². The second-order valence-electron chi connectivity index (χ2n) is 4.23. The molecule has 0 radical (unpaired) electrons. The van der Waals surface area contributed by atoms with E-state index in [1.54, 1.807) is 0 Å². The van der Waals surface area contributed by atoms with Gasteiger partial charge in [-0.15, -0.1) is 0 Å². The van der Waals surface area contributed by atoms with Crippen molar-refractivity contribution >= 4 is 28.2 Å². The molecule has 0 bridgehead atoms. The first-order chi connectivity index (χ1) is 9.28. The van der Waals surface area contributed by atoms with Crippen LogP contribution < -0.4 is 11.3 Å². The molecule has 0 aliphatic heterocycles. The second-order valence-corrected chi connectivity index (χ2v) is 4.66. The third-order valence-electron chi connectivity index (χ3n) is 3.02. The summed E-state index contributed by atoms with van der Waals surface area (Å²) in [6, 6.07) is 17.6. The normalized spacial score (nSPS) is 10.6. The number of benzene rings is 2. The van der Waals surface area contributed by atoms with Crippen molar-refractivity contribution in [1.29, 1.82) is 0 Å². The second kappa shape index (κ2) is 4.88. The van der Waals surface area contributed by atoms with E-state index in [1.807, 2.05) is 54.6 Å². The summed E-state index contributed by atoms with van der Waals surface area (Å²) in [5.41, 5.74) is 4.52. The fourth-order valence-corrected chi connectivity index (χ4v) is 2.20. The van der Waals surface area contributed by atoms with Crippen molar-refractivity contribution in [1.82, 2.24) is 4.98 Å². The van der Waals surface area contributed by atoms with Crippen molar-refractivity contribution in [2.24, 2.45) is 5.84 Å². The van der Waals surface area contributed by atoms with E-state index in [4.69, 9.17) is 17.4 Å². The molecule has 0 atom stereocenters. The molecule has 2 aromatic carbocycles. The quantitative estimate of drug-likeness (QED) is 0.549. The average Bonchev–Trinajstić information content (AvgIpc) is 2.47. The van der Waals surface area contributed by atoms with Crippen molar-refractivity contribution in [2.75, 3.05) is 5.43 Å². The van der Waals surface area contributed by atoms with Gasteiger partial charge in [0.05, 0.1) is 5.69 Å². The first kappa shape index (κ1) is 12.0. The van der Waals surface area contributed by atoms with Crippen molar-refractivity contribution < 1.29 is 0 Å². The lowest BCUT2D eigenvalue weighted by Crippen LogP contribution is -2.09. The number of fused-ring (bicyclic) bond motifs is 1. The zero-order valence-electron chi connectivity index (χ0n) is 10.1. The molecule has 0 aliphatic rings. The van der Waals surface area contributed by atoms with Crippen LogP contribution in [0.15, 0.2) is 54.6 Å². The van der Waals surface area contributed by atoms with Gasteiger partial charge in [0.1, 0.15) is 5.82 Å². The molecule has 0 unspecified atom stereocenters. The molecule has 3 N–H and O–H groups in total. The molecule has 19 heavy (non-hydrogen) atoms. The number of nitrogens with zero attached hydrogens (tertiary/aromatic N) is 1. The van der Waals surface area contributed by atoms with Crippen LogP contribution >= 0.6 is 11.6 Å². The highest BCUT2D eigenvalue weighted by atomic mass is 35.5. The number of nitrogens with two attached hydrogens (primary N) is 1. The van der Waals surface area contributed by atoms with Gasteiger partial charge in [-0.1, -0.05) is 48.0 Å². The van der Waals surface area contributed by atoms with Crippen LogP contribution in [-0.2, 0) is 0 Å². The predicted molar refractivity (Wildman–Crippen MR) is 80.0 cm³/mol. The number of nitrogen functional groups attached to an aromatic ring is 1. The van der Waals surface area contributed by atoms with Crippen LogP contribution in [0.25, 0.3) is 22.0 Å². The van der Waals surface area contributed by atoms with Gasteiger partial charge in [-0.05, 0) is 23.6 Å². The number of pyridine rings is 1. The summed E-state index contributed by atoms with van der Waals surface area (Å²) in [7, 11) is 0. The number of nitrogens with one attached hydrogen (secondary N) is 1. The first-order valence-electron chi connectivity index (χ1n) is 5.90. The van der Waals surface area contributed by atoms with E-state index in [1.165, 1.54) is 0 Å². The topological polar surface area (TPSA) is 50.9 Å². The highest BCUT2D eigenvalue weighted by molar-refractivity contribution is 6.30. The molecule has 0 fully saturated rings. The van der Waals surface area contributed by atoms with Crippen LogP contribution in [0.1, 0.15) is 0 Å². The van der Waals surface area contributed by atoms with Crippen molar-refractivity contribution in [2.45, 2.75) is 0 Å². The van der Waals surface area contributed by atoms with Crippen LogP contribution in [0, 0.1) is 0 Å². The molecule has 4 heteroatoms. The van der Waals surface area contributed by atoms with Crippen LogP contribution in [0.5, 0.6) is 0 Å². The average molecular weight is 270 g/mol. The molecule has 3 nitrogen and oxygen atoms in total. The maximum absolute atomic E-state index is 5.90. The summed E-state index contributed by atoms with van der Waals surface area (Å²) in [6.45, 7) is 0. The molecular formula is C15H12ClN3. The van der Waals surface area contributed by atoms with E-state index in [0.29, 0.717) is 10.8 Å². The molecule has 0 saturated heterocycles. The van der Waals surface area contributed by atoms with E-state index in [-0.39, 0.29) is 0 Å². The fraction of sp³-hybridized carbons (Fsp3) is 0. The molecule has 0 aliphatic carbocycles. The minimum absolute atomic E-state index is 0.669. The molecule has 3 aromatic rings. The fourth-order valence-electron chi connectivity index (χ4n) is 2.08. The van der Waals surface area contributed by atoms with Gasteiger partial charge in [0.25, 0.3) is 0 Å². The molecular weight excluding hydrogens is 258 g/mol. The third-order valence-corrected chi connectivity index (χ3v) is 3.27. The van der Waals surface area contributed by atoms with Crippen molar-refractivity contribution in [3.63, 3.8) is 0 Å². The van der Waals surface area contributed by atoms with Gasteiger partial charge in [-0.3, -0.25) is 0 Å². The van der Waals surface area contributed by atoms with Gasteiger partial charge < -0.3 is 5.43 Å². The Morgan fingerprint density at radius 3 is 2.47 bits per heavy atom. The number of halogens is 1. The van der Waals surface area contributed by atoms with E-state index in [0.717, 1.165) is 22.0 Å². The van der Waals surface area contributed by atoms with Crippen molar-refractivity contribution in [3.05, 3.63) is 59.6 Å². The Balaban J connectivity index is 2.22. The number of rotatable bonds is 2. The Morgan fingerprint density at radius 2 is 1.74 bits per heavy atom. The number of anilines is 1. The lowest BCUT2D eigenvalue weighted by atomic mass is 10.1. The monoisotopic (exact) mass is 269 g/mol. The zero-order chi connectivity index (χ0) is 13.2. The van der Waals surface area contributed by atoms with Gasteiger partial charge in [0.15, 0.2) is 0 Å². The molecule has 3 rings (SSSR count). The Hall–Kier alpha value is -2.10. The molecule has 94 valence electrons. The van der Waals surface area contributed by atoms with Crippen molar-refractivity contribution in [3.8, 4) is 11.3 Å². The van der Waals surface area contributed by atoms with Gasteiger partial charge in [0.2, 0.25) is 0 Å². The highest BCUT2D eigenvalue weighted by Gasteiger charge is 2.06. The van der Waals surface area contributed by atoms with E-state index >= 15 is 0 Å². The Kier molecular flexibility index (Phi) is 3.07. The van der Waals surface area contributed by atoms with Crippen LogP contribution in [0.3, 0.4) is 0 Å². The molecule has 0 spiro atoms. The minimum Gasteiger partial charge on any atom is -0.308 e. The summed E-state index contributed by atoms with van der Waals surface area (Å²) in [5, 5.41) is 2.81. The number of aromatic nitrogens is 1. The summed E-state index contributed by atoms with van der Waals surface area (Å²) in [5.74, 6) is 6.22.